The van der Waals surface area contributed by atoms with Crippen molar-refractivity contribution in [2.75, 3.05) is 6.54 Å². The lowest BCUT2D eigenvalue weighted by Crippen LogP contribution is -2.26. The van der Waals surface area contributed by atoms with E-state index < -0.39 is 0 Å². The minimum absolute atomic E-state index is 0.0216. The minimum atomic E-state index is 0.0216. The normalized spacial score (nSPS) is 11.2. The average Bonchev–Trinajstić information content (AvgIpc) is 3.24. The van der Waals surface area contributed by atoms with Crippen LogP contribution in [0.3, 0.4) is 0 Å². The minimum Gasteiger partial charge on any atom is -0.361 e. The maximum absolute atomic E-state index is 12.2. The Labute approximate surface area is 145 Å². The van der Waals surface area contributed by atoms with E-state index in [4.69, 9.17) is 0 Å². The lowest BCUT2D eigenvalue weighted by molar-refractivity contribution is -0.120. The van der Waals surface area contributed by atoms with Gasteiger partial charge < -0.3 is 10.3 Å². The Hall–Kier alpha value is -3.08. The van der Waals surface area contributed by atoms with Crippen LogP contribution in [0.2, 0.25) is 0 Å². The molecule has 3 N–H and O–H groups in total. The molecule has 0 spiro atoms. The fourth-order valence-electron chi connectivity index (χ4n) is 3.22. The fraction of sp³-hybridized carbons (Fsp3) is 0.200. The largest absolute Gasteiger partial charge is 0.361 e. The summed E-state index contributed by atoms with van der Waals surface area (Å²) in [5.41, 5.74) is 4.21. The molecule has 2 aromatic carbocycles. The number of hydrogen-bond acceptors (Lipinski definition) is 2. The number of carbonyl (C=O) groups excluding carboxylic acids is 1. The van der Waals surface area contributed by atoms with Gasteiger partial charge in [-0.2, -0.15) is 5.10 Å². The van der Waals surface area contributed by atoms with Gasteiger partial charge in [0, 0.05) is 29.0 Å². The van der Waals surface area contributed by atoms with Crippen LogP contribution in [0.1, 0.15) is 17.7 Å². The monoisotopic (exact) mass is 332 g/mol. The Morgan fingerprint density at radius 1 is 1.04 bits per heavy atom. The van der Waals surface area contributed by atoms with Crippen LogP contribution < -0.4 is 5.32 Å². The van der Waals surface area contributed by atoms with Gasteiger partial charge in [0.1, 0.15) is 0 Å². The van der Waals surface area contributed by atoms with Gasteiger partial charge in [-0.05, 0) is 30.5 Å². The molecule has 1 amide bonds. The van der Waals surface area contributed by atoms with Crippen molar-refractivity contribution in [2.45, 2.75) is 19.3 Å². The zero-order valence-electron chi connectivity index (χ0n) is 13.9. The van der Waals surface area contributed by atoms with Crippen LogP contribution in [0.15, 0.2) is 54.7 Å². The van der Waals surface area contributed by atoms with Gasteiger partial charge in [0.25, 0.3) is 0 Å². The van der Waals surface area contributed by atoms with Gasteiger partial charge in [-0.15, -0.1) is 0 Å². The third-order valence-electron chi connectivity index (χ3n) is 4.50. The summed E-state index contributed by atoms with van der Waals surface area (Å²) in [6, 6.07) is 16.1. The number of amides is 1. The Morgan fingerprint density at radius 3 is 2.76 bits per heavy atom. The van der Waals surface area contributed by atoms with E-state index in [1.54, 1.807) is 0 Å². The smallest absolute Gasteiger partial charge is 0.226 e. The molecule has 5 heteroatoms. The number of rotatable bonds is 6. The summed E-state index contributed by atoms with van der Waals surface area (Å²) >= 11 is 0. The van der Waals surface area contributed by atoms with Crippen LogP contribution in [0.4, 0.5) is 0 Å². The molecule has 0 unspecified atom stereocenters. The molecule has 0 aliphatic heterocycles. The molecule has 0 atom stereocenters. The van der Waals surface area contributed by atoms with Crippen LogP contribution in [-0.2, 0) is 17.6 Å². The van der Waals surface area contributed by atoms with Crippen LogP contribution in [0.5, 0.6) is 0 Å². The first-order chi connectivity index (χ1) is 12.3. The predicted molar refractivity (Wildman–Crippen MR) is 99.4 cm³/mol. The van der Waals surface area contributed by atoms with Gasteiger partial charge in [-0.25, -0.2) is 0 Å². The van der Waals surface area contributed by atoms with Gasteiger partial charge in [0.2, 0.25) is 5.91 Å². The topological polar surface area (TPSA) is 73.6 Å². The molecule has 2 aromatic heterocycles. The molecule has 0 aliphatic rings. The van der Waals surface area contributed by atoms with E-state index in [0.717, 1.165) is 35.0 Å². The van der Waals surface area contributed by atoms with Crippen molar-refractivity contribution in [3.8, 4) is 0 Å². The first kappa shape index (κ1) is 15.4. The van der Waals surface area contributed by atoms with E-state index in [1.807, 2.05) is 30.3 Å². The van der Waals surface area contributed by atoms with Crippen LogP contribution >= 0.6 is 0 Å². The Morgan fingerprint density at radius 2 is 1.84 bits per heavy atom. The number of hydrogen-bond donors (Lipinski definition) is 3. The van der Waals surface area contributed by atoms with Crippen molar-refractivity contribution < 1.29 is 4.79 Å². The maximum atomic E-state index is 12.2. The third kappa shape index (κ3) is 3.26. The van der Waals surface area contributed by atoms with Gasteiger partial charge in [-0.1, -0.05) is 36.4 Å². The fourth-order valence-corrected chi connectivity index (χ4v) is 3.22. The third-order valence-corrected chi connectivity index (χ3v) is 4.50. The number of aryl methyl sites for hydroxylation is 1. The predicted octanol–water partition coefficient (Wildman–Crippen LogP) is 3.34. The van der Waals surface area contributed by atoms with E-state index in [1.165, 1.54) is 10.9 Å². The SMILES string of the molecule is O=C(Cc1[nH]nc2ccccc12)NCCCc1c[nH]c2ccccc12. The molecule has 5 nitrogen and oxygen atoms in total. The summed E-state index contributed by atoms with van der Waals surface area (Å²) in [5.74, 6) is 0.0216. The molecular weight excluding hydrogens is 312 g/mol. The van der Waals surface area contributed by atoms with E-state index in [2.05, 4.69) is 44.9 Å². The van der Waals surface area contributed by atoms with E-state index in [-0.39, 0.29) is 5.91 Å². The van der Waals surface area contributed by atoms with Crippen molar-refractivity contribution in [1.82, 2.24) is 20.5 Å². The van der Waals surface area contributed by atoms with Crippen LogP contribution in [0, 0.1) is 0 Å². The summed E-state index contributed by atoms with van der Waals surface area (Å²) in [6.07, 6.45) is 4.24. The Balaban J connectivity index is 1.29. The molecule has 2 heterocycles. The van der Waals surface area contributed by atoms with Crippen molar-refractivity contribution >= 4 is 27.7 Å². The van der Waals surface area contributed by atoms with Gasteiger partial charge >= 0.3 is 0 Å². The number of para-hydroxylation sites is 2. The second-order valence-corrected chi connectivity index (χ2v) is 6.21. The van der Waals surface area contributed by atoms with Crippen molar-refractivity contribution in [3.63, 3.8) is 0 Å². The number of nitrogens with one attached hydrogen (secondary N) is 3. The van der Waals surface area contributed by atoms with Crippen molar-refractivity contribution in [2.24, 2.45) is 0 Å². The average molecular weight is 332 g/mol. The molecule has 0 fully saturated rings. The van der Waals surface area contributed by atoms with E-state index >= 15 is 0 Å². The highest BCUT2D eigenvalue weighted by Gasteiger charge is 2.09. The van der Waals surface area contributed by atoms with Crippen LogP contribution in [-0.4, -0.2) is 27.6 Å². The summed E-state index contributed by atoms with van der Waals surface area (Å²) in [6.45, 7) is 0.671. The Kier molecular flexibility index (Phi) is 4.21. The molecule has 0 radical (unpaired) electrons. The number of aromatic amines is 2. The summed E-state index contributed by atoms with van der Waals surface area (Å²) in [7, 11) is 0. The molecule has 0 saturated heterocycles. The van der Waals surface area contributed by atoms with Gasteiger partial charge in [0.05, 0.1) is 17.6 Å². The second-order valence-electron chi connectivity index (χ2n) is 6.21. The molecule has 126 valence electrons. The Bertz CT molecular complexity index is 1010. The number of nitrogens with zero attached hydrogens (tertiary/aromatic N) is 1. The summed E-state index contributed by atoms with van der Waals surface area (Å²) in [5, 5.41) is 12.5. The van der Waals surface area contributed by atoms with Crippen molar-refractivity contribution in [1.29, 1.82) is 0 Å². The zero-order chi connectivity index (χ0) is 17.1. The molecule has 4 rings (SSSR count). The van der Waals surface area contributed by atoms with E-state index in [0.29, 0.717) is 13.0 Å². The maximum Gasteiger partial charge on any atom is 0.226 e. The van der Waals surface area contributed by atoms with E-state index in [9.17, 15) is 4.79 Å². The zero-order valence-corrected chi connectivity index (χ0v) is 13.9. The molecular formula is C20H20N4O. The lowest BCUT2D eigenvalue weighted by Gasteiger charge is -2.04. The van der Waals surface area contributed by atoms with Crippen molar-refractivity contribution in [3.05, 3.63) is 66.0 Å². The van der Waals surface area contributed by atoms with Gasteiger partial charge in [0.15, 0.2) is 0 Å². The second kappa shape index (κ2) is 6.81. The lowest BCUT2D eigenvalue weighted by atomic mass is 10.1. The highest BCUT2D eigenvalue weighted by Crippen LogP contribution is 2.19. The number of benzene rings is 2. The first-order valence-corrected chi connectivity index (χ1v) is 8.55. The molecule has 4 aromatic rings. The molecule has 0 saturated carbocycles. The number of aromatic nitrogens is 3. The summed E-state index contributed by atoms with van der Waals surface area (Å²) in [4.78, 5) is 15.4. The molecule has 25 heavy (non-hydrogen) atoms. The number of fused-ring (bicyclic) bond motifs is 2. The van der Waals surface area contributed by atoms with Gasteiger partial charge in [-0.3, -0.25) is 9.89 Å². The molecule has 0 bridgehead atoms. The quantitative estimate of drug-likeness (QED) is 0.474. The van der Waals surface area contributed by atoms with Crippen LogP contribution in [0.25, 0.3) is 21.8 Å². The highest BCUT2D eigenvalue weighted by molar-refractivity contribution is 5.87. The standard InChI is InChI=1S/C20H20N4O/c25-20(12-19-16-8-2-4-10-18(16)23-24-19)21-11-5-6-14-13-22-17-9-3-1-7-15(14)17/h1-4,7-10,13,22H,5-6,11-12H2,(H,21,25)(H,23,24). The first-order valence-electron chi connectivity index (χ1n) is 8.55. The number of carbonyl (C=O) groups is 1. The summed E-state index contributed by atoms with van der Waals surface area (Å²) < 4.78 is 0. The highest BCUT2D eigenvalue weighted by atomic mass is 16.1. The molecule has 0 aliphatic carbocycles. The number of H-pyrrole nitrogens is 2.